The van der Waals surface area contributed by atoms with Crippen molar-refractivity contribution in [2.75, 3.05) is 18.4 Å². The predicted octanol–water partition coefficient (Wildman–Crippen LogP) is 1.54. The van der Waals surface area contributed by atoms with Crippen molar-refractivity contribution in [2.24, 2.45) is 0 Å². The van der Waals surface area contributed by atoms with E-state index in [1.165, 1.54) is 25.1 Å². The number of rotatable bonds is 5. The maximum absolute atomic E-state index is 10.4. The number of hydrogen-bond acceptors (Lipinski definition) is 5. The van der Waals surface area contributed by atoms with Gasteiger partial charge in [-0.15, -0.1) is 0 Å². The third-order valence-corrected chi connectivity index (χ3v) is 2.92. The van der Waals surface area contributed by atoms with E-state index in [1.54, 1.807) is 6.07 Å². The van der Waals surface area contributed by atoms with Gasteiger partial charge >= 0.3 is 0 Å². The molecule has 6 nitrogen and oxygen atoms in total. The molecule has 0 saturated carbocycles. The second-order valence-corrected chi connectivity index (χ2v) is 4.17. The second kappa shape index (κ2) is 5.58. The Balaban J connectivity index is 1.76. The van der Waals surface area contributed by atoms with Gasteiger partial charge in [-0.25, -0.2) is 4.98 Å². The first-order chi connectivity index (χ1) is 8.25. The van der Waals surface area contributed by atoms with Crippen LogP contribution in [0.1, 0.15) is 19.3 Å². The third kappa shape index (κ3) is 3.39. The molecule has 17 heavy (non-hydrogen) atoms. The predicted molar refractivity (Wildman–Crippen MR) is 65.0 cm³/mol. The molecule has 1 aromatic heterocycles. The molecule has 1 fully saturated rings. The largest absolute Gasteiger partial charge is 0.370 e. The zero-order valence-corrected chi connectivity index (χ0v) is 9.56. The van der Waals surface area contributed by atoms with Crippen molar-refractivity contribution in [1.82, 2.24) is 10.3 Å². The minimum Gasteiger partial charge on any atom is -0.370 e. The highest BCUT2D eigenvalue weighted by Gasteiger charge is 2.13. The summed E-state index contributed by atoms with van der Waals surface area (Å²) in [5, 5.41) is 17.0. The smallest absolute Gasteiger partial charge is 0.287 e. The number of nitrogens with one attached hydrogen (secondary N) is 2. The summed E-state index contributed by atoms with van der Waals surface area (Å²) in [5.74, 6) is 0.689. The van der Waals surface area contributed by atoms with Crippen molar-refractivity contribution in [3.05, 3.63) is 28.4 Å². The molecule has 1 aromatic rings. The van der Waals surface area contributed by atoms with Gasteiger partial charge in [0.15, 0.2) is 0 Å². The fourth-order valence-corrected chi connectivity index (χ4v) is 1.98. The molecule has 1 aliphatic heterocycles. The molecular formula is C11H16N4O2. The van der Waals surface area contributed by atoms with Gasteiger partial charge in [0.05, 0.1) is 4.92 Å². The molecule has 0 spiro atoms. The Bertz CT molecular complexity index is 374. The normalized spacial score (nSPS) is 19.2. The fourth-order valence-electron chi connectivity index (χ4n) is 1.98. The van der Waals surface area contributed by atoms with E-state index in [4.69, 9.17) is 0 Å². The van der Waals surface area contributed by atoms with Crippen LogP contribution >= 0.6 is 0 Å². The highest BCUT2D eigenvalue weighted by Crippen LogP contribution is 2.13. The summed E-state index contributed by atoms with van der Waals surface area (Å²) < 4.78 is 0. The van der Waals surface area contributed by atoms with Crippen LogP contribution in [0.5, 0.6) is 0 Å². The molecule has 2 N–H and O–H groups in total. The van der Waals surface area contributed by atoms with Crippen molar-refractivity contribution in [1.29, 1.82) is 0 Å². The fraction of sp³-hybridized carbons (Fsp3) is 0.545. The first-order valence-corrected chi connectivity index (χ1v) is 5.83. The lowest BCUT2D eigenvalue weighted by Crippen LogP contribution is -2.24. The number of hydrogen-bond donors (Lipinski definition) is 2. The van der Waals surface area contributed by atoms with Crippen LogP contribution in [0.25, 0.3) is 0 Å². The first kappa shape index (κ1) is 11.8. The van der Waals surface area contributed by atoms with Gasteiger partial charge in [-0.2, -0.15) is 0 Å². The molecule has 0 radical (unpaired) electrons. The lowest BCUT2D eigenvalue weighted by Gasteiger charge is -2.10. The minimum atomic E-state index is -0.445. The molecule has 0 unspecified atom stereocenters. The Morgan fingerprint density at radius 3 is 3.06 bits per heavy atom. The van der Waals surface area contributed by atoms with Gasteiger partial charge < -0.3 is 10.6 Å². The van der Waals surface area contributed by atoms with Crippen molar-refractivity contribution < 1.29 is 4.92 Å². The van der Waals surface area contributed by atoms with Crippen LogP contribution in [0.2, 0.25) is 0 Å². The van der Waals surface area contributed by atoms with E-state index >= 15 is 0 Å². The Hall–Kier alpha value is -1.69. The van der Waals surface area contributed by atoms with E-state index in [9.17, 15) is 10.1 Å². The molecule has 0 amide bonds. The lowest BCUT2D eigenvalue weighted by atomic mass is 10.1. The summed E-state index contributed by atoms with van der Waals surface area (Å²) in [6.07, 6.45) is 4.81. The van der Waals surface area contributed by atoms with Gasteiger partial charge in [-0.05, 0) is 31.9 Å². The maximum atomic E-state index is 10.4. The lowest BCUT2D eigenvalue weighted by molar-refractivity contribution is -0.385. The zero-order chi connectivity index (χ0) is 12.1. The summed E-state index contributed by atoms with van der Waals surface area (Å²) >= 11 is 0. The van der Waals surface area contributed by atoms with Crippen LogP contribution in [0, 0.1) is 10.1 Å². The minimum absolute atomic E-state index is 0.0213. The molecule has 0 bridgehead atoms. The van der Waals surface area contributed by atoms with E-state index < -0.39 is 4.92 Å². The molecule has 1 atom stereocenters. The van der Waals surface area contributed by atoms with Crippen LogP contribution in [0.15, 0.2) is 18.3 Å². The van der Waals surface area contributed by atoms with Crippen LogP contribution in [0.3, 0.4) is 0 Å². The Kier molecular flexibility index (Phi) is 3.87. The van der Waals surface area contributed by atoms with Crippen molar-refractivity contribution in [2.45, 2.75) is 25.3 Å². The Morgan fingerprint density at radius 1 is 1.59 bits per heavy atom. The number of aromatic nitrogens is 1. The summed E-state index contributed by atoms with van der Waals surface area (Å²) in [4.78, 5) is 14.0. The molecule has 2 heterocycles. The Morgan fingerprint density at radius 2 is 2.47 bits per heavy atom. The van der Waals surface area contributed by atoms with Crippen LogP contribution in [0.4, 0.5) is 11.5 Å². The van der Waals surface area contributed by atoms with Gasteiger partial charge in [0.1, 0.15) is 12.0 Å². The van der Waals surface area contributed by atoms with Crippen LogP contribution < -0.4 is 10.6 Å². The first-order valence-electron chi connectivity index (χ1n) is 5.83. The van der Waals surface area contributed by atoms with Gasteiger partial charge in [-0.3, -0.25) is 10.1 Å². The molecule has 92 valence electrons. The van der Waals surface area contributed by atoms with Gasteiger partial charge in [0.2, 0.25) is 0 Å². The van der Waals surface area contributed by atoms with Gasteiger partial charge in [-0.1, -0.05) is 0 Å². The van der Waals surface area contributed by atoms with Crippen molar-refractivity contribution in [3.8, 4) is 0 Å². The third-order valence-electron chi connectivity index (χ3n) is 2.92. The monoisotopic (exact) mass is 236 g/mol. The van der Waals surface area contributed by atoms with E-state index in [0.717, 1.165) is 19.5 Å². The van der Waals surface area contributed by atoms with E-state index in [1.807, 2.05) is 0 Å². The molecule has 1 aliphatic rings. The van der Waals surface area contributed by atoms with Crippen molar-refractivity contribution >= 4 is 11.5 Å². The average molecular weight is 236 g/mol. The number of pyridine rings is 1. The maximum Gasteiger partial charge on any atom is 0.287 e. The molecule has 2 rings (SSSR count). The number of anilines is 1. The summed E-state index contributed by atoms with van der Waals surface area (Å²) in [7, 11) is 0. The molecule has 0 aliphatic carbocycles. The zero-order valence-electron chi connectivity index (χ0n) is 9.56. The second-order valence-electron chi connectivity index (χ2n) is 4.17. The Labute approximate surface area is 99.6 Å². The number of nitrogens with zero attached hydrogens (tertiary/aromatic N) is 2. The van der Waals surface area contributed by atoms with Crippen LogP contribution in [-0.2, 0) is 0 Å². The van der Waals surface area contributed by atoms with E-state index in [2.05, 4.69) is 15.6 Å². The standard InChI is InChI=1S/C11H16N4O2/c16-15(17)10-3-4-11(14-8-10)13-7-5-9-2-1-6-12-9/h3-4,8-9,12H,1-2,5-7H2,(H,13,14)/t9-/m1/s1. The highest BCUT2D eigenvalue weighted by atomic mass is 16.6. The van der Waals surface area contributed by atoms with E-state index in [-0.39, 0.29) is 5.69 Å². The van der Waals surface area contributed by atoms with Crippen LogP contribution in [-0.4, -0.2) is 29.0 Å². The average Bonchev–Trinajstić information content (AvgIpc) is 2.83. The van der Waals surface area contributed by atoms with Gasteiger partial charge in [0.25, 0.3) is 5.69 Å². The van der Waals surface area contributed by atoms with E-state index in [0.29, 0.717) is 11.9 Å². The highest BCUT2D eigenvalue weighted by molar-refractivity contribution is 5.39. The topological polar surface area (TPSA) is 80.1 Å². The molecular weight excluding hydrogens is 220 g/mol. The summed E-state index contributed by atoms with van der Waals surface area (Å²) in [5.41, 5.74) is 0.0213. The van der Waals surface area contributed by atoms with Gasteiger partial charge in [0, 0.05) is 18.7 Å². The quantitative estimate of drug-likeness (QED) is 0.598. The van der Waals surface area contributed by atoms with Crippen molar-refractivity contribution in [3.63, 3.8) is 0 Å². The molecule has 1 saturated heterocycles. The molecule has 6 heteroatoms. The number of nitro groups is 1. The summed E-state index contributed by atoms with van der Waals surface area (Å²) in [6, 6.07) is 3.70. The summed E-state index contributed by atoms with van der Waals surface area (Å²) in [6.45, 7) is 1.95. The molecule has 0 aromatic carbocycles. The SMILES string of the molecule is O=[N+]([O-])c1ccc(NCC[C@H]2CCCN2)nc1.